The van der Waals surface area contributed by atoms with Crippen LogP contribution in [0.5, 0.6) is 11.5 Å². The molecule has 2 aromatic rings. The van der Waals surface area contributed by atoms with E-state index in [1.165, 1.54) is 19.2 Å². The van der Waals surface area contributed by atoms with Crippen molar-refractivity contribution in [2.75, 3.05) is 24.9 Å². The Balaban J connectivity index is 2.35. The van der Waals surface area contributed by atoms with Crippen molar-refractivity contribution in [2.45, 2.75) is 5.16 Å². The molecule has 30 heavy (non-hydrogen) atoms. The minimum Gasteiger partial charge on any atom is -0.493 e. The number of nitriles is 1. The summed E-state index contributed by atoms with van der Waals surface area (Å²) < 4.78 is 59.0. The zero-order valence-corrected chi connectivity index (χ0v) is 18.7. The van der Waals surface area contributed by atoms with Crippen molar-refractivity contribution in [3.8, 4) is 17.6 Å². The maximum Gasteiger partial charge on any atom is 0.306 e. The smallest absolute Gasteiger partial charge is 0.306 e. The van der Waals surface area contributed by atoms with Gasteiger partial charge in [0.2, 0.25) is 20.7 Å². The van der Waals surface area contributed by atoms with Gasteiger partial charge in [0.05, 0.1) is 18.4 Å². The summed E-state index contributed by atoms with van der Waals surface area (Å²) in [5, 5.41) is 10.9. The minimum atomic E-state index is -3.88. The second-order valence-corrected chi connectivity index (χ2v) is 10.2. The highest BCUT2D eigenvalue weighted by Crippen LogP contribution is 2.37. The van der Waals surface area contributed by atoms with E-state index in [1.54, 1.807) is 6.07 Å². The second-order valence-electron chi connectivity index (χ2n) is 5.60. The Morgan fingerprint density at radius 2 is 1.97 bits per heavy atom. The molecule has 0 aliphatic heterocycles. The van der Waals surface area contributed by atoms with Crippen LogP contribution in [0.1, 0.15) is 5.56 Å². The predicted octanol–water partition coefficient (Wildman–Crippen LogP) is 1.49. The Hall–Kier alpha value is -2.73. The highest BCUT2D eigenvalue weighted by atomic mass is 35.5. The van der Waals surface area contributed by atoms with Gasteiger partial charge < -0.3 is 8.92 Å². The van der Waals surface area contributed by atoms with E-state index in [4.69, 9.17) is 20.5 Å². The van der Waals surface area contributed by atoms with E-state index in [2.05, 4.69) is 14.7 Å². The van der Waals surface area contributed by atoms with E-state index in [-0.39, 0.29) is 32.8 Å². The van der Waals surface area contributed by atoms with Crippen LogP contribution in [0.2, 0.25) is 5.02 Å². The molecule has 1 N–H and O–H groups in total. The molecule has 1 aromatic carbocycles. The monoisotopic (exact) mass is 492 g/mol. The lowest BCUT2D eigenvalue weighted by Gasteiger charge is -2.11. The van der Waals surface area contributed by atoms with Gasteiger partial charge in [-0.1, -0.05) is 11.6 Å². The summed E-state index contributed by atoms with van der Waals surface area (Å²) in [5.41, 5.74) is -0.139. The fraction of sp³-hybridized carbons (Fsp3) is 0.200. The lowest BCUT2D eigenvalue weighted by Crippen LogP contribution is -2.13. The first kappa shape index (κ1) is 23.5. The Morgan fingerprint density at radius 1 is 1.30 bits per heavy atom. The summed E-state index contributed by atoms with van der Waals surface area (Å²) in [5.74, 6) is -1.16. The molecule has 0 aliphatic carbocycles. The maximum absolute atomic E-state index is 12.3. The third-order valence-electron chi connectivity index (χ3n) is 3.12. The summed E-state index contributed by atoms with van der Waals surface area (Å²) in [4.78, 5) is 16.0. The molecule has 0 spiro atoms. The number of hydrogen-bond donors (Lipinski definition) is 1. The normalized spacial score (nSPS) is 12.2. The van der Waals surface area contributed by atoms with Crippen molar-refractivity contribution in [2.24, 2.45) is 0 Å². The topological polar surface area (TPSA) is 165 Å². The number of hydrogen-bond acceptors (Lipinski definition) is 11. The van der Waals surface area contributed by atoms with Gasteiger partial charge in [-0.05, 0) is 23.8 Å². The molecule has 0 saturated carbocycles. The summed E-state index contributed by atoms with van der Waals surface area (Å²) in [6, 6.07) is 4.27. The van der Waals surface area contributed by atoms with Gasteiger partial charge in [-0.15, -0.1) is 0 Å². The van der Waals surface area contributed by atoms with Crippen molar-refractivity contribution in [3.05, 3.63) is 28.3 Å². The Kier molecular flexibility index (Phi) is 7.03. The van der Waals surface area contributed by atoms with Crippen LogP contribution in [0.25, 0.3) is 6.08 Å². The lowest BCUT2D eigenvalue weighted by molar-refractivity contribution is -0.112. The number of carbonyl (C=O) groups excluding carboxylic acids is 1. The zero-order valence-electron chi connectivity index (χ0n) is 15.5. The number of benzene rings is 1. The molecule has 1 amide bonds. The van der Waals surface area contributed by atoms with E-state index in [9.17, 15) is 26.9 Å². The largest absolute Gasteiger partial charge is 0.493 e. The van der Waals surface area contributed by atoms with Gasteiger partial charge in [0.15, 0.2) is 5.75 Å². The number of nitrogens with zero attached hydrogens (tertiary/aromatic N) is 3. The van der Waals surface area contributed by atoms with Crippen LogP contribution in [-0.4, -0.2) is 51.7 Å². The first-order valence-electron chi connectivity index (χ1n) is 7.58. The minimum absolute atomic E-state index is 0.0428. The van der Waals surface area contributed by atoms with Gasteiger partial charge in [0.25, 0.3) is 11.1 Å². The molecular formula is C15H13ClN4O7S3. The van der Waals surface area contributed by atoms with Gasteiger partial charge in [-0.3, -0.25) is 10.1 Å². The van der Waals surface area contributed by atoms with Crippen molar-refractivity contribution >= 4 is 60.2 Å². The molecule has 0 unspecified atom stereocenters. The predicted molar refractivity (Wildman–Crippen MR) is 109 cm³/mol. The number of anilines is 1. The molecule has 1 heterocycles. The summed E-state index contributed by atoms with van der Waals surface area (Å²) in [6.45, 7) is 0. The number of nitrogens with one attached hydrogen (secondary N) is 1. The van der Waals surface area contributed by atoms with Crippen LogP contribution >= 0.6 is 23.1 Å². The molecule has 15 heteroatoms. The average Bonchev–Trinajstić information content (AvgIpc) is 3.09. The van der Waals surface area contributed by atoms with Crippen LogP contribution in [0.4, 0.5) is 5.13 Å². The Bertz CT molecular complexity index is 1280. The molecule has 0 radical (unpaired) electrons. The van der Waals surface area contributed by atoms with Gasteiger partial charge in [0.1, 0.15) is 11.6 Å². The van der Waals surface area contributed by atoms with E-state index in [0.29, 0.717) is 11.5 Å². The van der Waals surface area contributed by atoms with E-state index in [1.807, 2.05) is 0 Å². The first-order chi connectivity index (χ1) is 13.8. The number of sulfone groups is 1. The second kappa shape index (κ2) is 8.96. The molecule has 0 fully saturated rings. The number of rotatable bonds is 7. The number of carbonyl (C=O) groups is 1. The maximum atomic E-state index is 12.3. The molecule has 160 valence electrons. The summed E-state index contributed by atoms with van der Waals surface area (Å²) >= 11 is 6.68. The fourth-order valence-electron chi connectivity index (χ4n) is 1.95. The average molecular weight is 493 g/mol. The van der Waals surface area contributed by atoms with E-state index in [0.717, 1.165) is 18.6 Å². The number of methoxy groups -OCH3 is 1. The van der Waals surface area contributed by atoms with Crippen molar-refractivity contribution in [1.29, 1.82) is 5.26 Å². The highest BCUT2D eigenvalue weighted by Gasteiger charge is 2.19. The van der Waals surface area contributed by atoms with Gasteiger partial charge >= 0.3 is 10.1 Å². The van der Waals surface area contributed by atoms with Crippen LogP contribution in [-0.2, 0) is 24.7 Å². The van der Waals surface area contributed by atoms with Crippen LogP contribution in [0.15, 0.2) is 22.9 Å². The zero-order chi connectivity index (χ0) is 22.7. The molecule has 2 rings (SSSR count). The van der Waals surface area contributed by atoms with Gasteiger partial charge in [-0.25, -0.2) is 8.42 Å². The van der Waals surface area contributed by atoms with Gasteiger partial charge in [-0.2, -0.15) is 23.0 Å². The van der Waals surface area contributed by atoms with Crippen molar-refractivity contribution in [3.63, 3.8) is 0 Å². The number of ether oxygens (including phenoxy) is 1. The van der Waals surface area contributed by atoms with E-state index < -0.39 is 31.0 Å². The van der Waals surface area contributed by atoms with Crippen molar-refractivity contribution < 1.29 is 30.6 Å². The standard InChI is InChI=1S/C15H13ClN4O7S3/c1-26-11-6-8(5-10(16)12(11)27-30(3,24)25)4-9(7-17)13(21)18-14-19-15(20-28-14)29(2,22)23/h4-6H,1-3H3,(H,18,19,20,21)/b9-4-. The number of aromatic nitrogens is 2. The Morgan fingerprint density at radius 3 is 2.47 bits per heavy atom. The molecule has 0 bridgehead atoms. The van der Waals surface area contributed by atoms with E-state index >= 15 is 0 Å². The molecule has 0 aliphatic rings. The summed E-state index contributed by atoms with van der Waals surface area (Å²) in [7, 11) is -6.28. The van der Waals surface area contributed by atoms with Crippen LogP contribution in [0, 0.1) is 11.3 Å². The third kappa shape index (κ3) is 6.13. The molecule has 1 aromatic heterocycles. The lowest BCUT2D eigenvalue weighted by atomic mass is 10.1. The highest BCUT2D eigenvalue weighted by molar-refractivity contribution is 7.90. The first-order valence-corrected chi connectivity index (χ1v) is 12.4. The van der Waals surface area contributed by atoms with Crippen molar-refractivity contribution in [1.82, 2.24) is 9.36 Å². The van der Waals surface area contributed by atoms with Gasteiger partial charge in [0, 0.05) is 17.8 Å². The number of amides is 1. The SMILES string of the molecule is COc1cc(/C=C(/C#N)C(=O)Nc2nc(S(C)(=O)=O)ns2)cc(Cl)c1OS(C)(=O)=O. The number of halogens is 1. The fourth-order valence-corrected chi connectivity index (χ4v) is 4.16. The van der Waals surface area contributed by atoms with Crippen LogP contribution in [0.3, 0.4) is 0 Å². The molecular weight excluding hydrogens is 480 g/mol. The molecule has 0 atom stereocenters. The molecule has 11 nitrogen and oxygen atoms in total. The third-order valence-corrected chi connectivity index (χ3v) is 5.46. The quantitative estimate of drug-likeness (QED) is 0.339. The Labute approximate surface area is 181 Å². The summed E-state index contributed by atoms with van der Waals surface area (Å²) in [6.07, 6.45) is 2.90. The van der Waals surface area contributed by atoms with Crippen LogP contribution < -0.4 is 14.2 Å². The molecule has 0 saturated heterocycles.